The fraction of sp³-hybridized carbons (Fsp3) is 0.579. The molecule has 2 saturated heterocycles. The van der Waals surface area contributed by atoms with Crippen LogP contribution in [0.25, 0.3) is 11.1 Å². The molecule has 6 rings (SSSR count). The fourth-order valence-electron chi connectivity index (χ4n) is 7.47. The van der Waals surface area contributed by atoms with E-state index in [-0.39, 0.29) is 5.41 Å². The smallest absolute Gasteiger partial charge is 0.337 e. The second-order valence-corrected chi connectivity index (χ2v) is 15.5. The van der Waals surface area contributed by atoms with E-state index in [0.717, 1.165) is 92.7 Å². The number of rotatable bonds is 7. The molecular formula is C38H52N6O3. The monoisotopic (exact) mass is 640 g/mol. The van der Waals surface area contributed by atoms with E-state index in [1.165, 1.54) is 30.4 Å². The van der Waals surface area contributed by atoms with Crippen LogP contribution in [0.4, 0.5) is 17.3 Å². The van der Waals surface area contributed by atoms with E-state index in [4.69, 9.17) is 9.72 Å². The average molecular weight is 641 g/mol. The molecule has 2 fully saturated rings. The van der Waals surface area contributed by atoms with Crippen molar-refractivity contribution in [3.05, 3.63) is 58.7 Å². The highest BCUT2D eigenvalue weighted by Crippen LogP contribution is 2.45. The first kappa shape index (κ1) is 33.2. The Balaban J connectivity index is 1.37. The summed E-state index contributed by atoms with van der Waals surface area (Å²) < 4.78 is 6.28. The van der Waals surface area contributed by atoms with Gasteiger partial charge in [0.15, 0.2) is 6.10 Å². The molecule has 0 bridgehead atoms. The highest BCUT2D eigenvalue weighted by atomic mass is 16.5. The maximum absolute atomic E-state index is 12.9. The van der Waals surface area contributed by atoms with Gasteiger partial charge in [-0.15, -0.1) is 0 Å². The predicted molar refractivity (Wildman–Crippen MR) is 188 cm³/mol. The van der Waals surface area contributed by atoms with Crippen molar-refractivity contribution < 1.29 is 14.6 Å². The summed E-state index contributed by atoms with van der Waals surface area (Å²) in [5, 5.41) is 10.5. The molecule has 9 heteroatoms. The van der Waals surface area contributed by atoms with Gasteiger partial charge in [-0.1, -0.05) is 32.0 Å². The van der Waals surface area contributed by atoms with Gasteiger partial charge in [-0.05, 0) is 95.2 Å². The van der Waals surface area contributed by atoms with Gasteiger partial charge in [-0.3, -0.25) is 4.98 Å². The zero-order valence-electron chi connectivity index (χ0n) is 29.4. The van der Waals surface area contributed by atoms with Gasteiger partial charge in [0.1, 0.15) is 18.0 Å². The average Bonchev–Trinajstić information content (AvgIpc) is 3.03. The number of nitrogens with zero attached hydrogens (tertiary/aromatic N) is 6. The van der Waals surface area contributed by atoms with E-state index in [9.17, 15) is 9.90 Å². The standard InChI is InChI=1S/C38H52N6O3/c1-25-32(34(43-19-14-38(6,7)15-20-43)33(26(2)41-25)35(36(45)46)47-37(3,4)5)28-11-12-29-23-44(18-13-27(29)21-28)31-22-30(39-24-40-31)42-16-9-8-10-17-42/h11-12,21-22,24,35H,8-10,13-20,23H2,1-7H3,(H,45,46)/t35-/m0/s1. The van der Waals surface area contributed by atoms with Gasteiger partial charge in [0, 0.05) is 67.8 Å². The first-order valence-corrected chi connectivity index (χ1v) is 17.4. The number of fused-ring (bicyclic) bond motifs is 1. The zero-order valence-corrected chi connectivity index (χ0v) is 29.4. The number of benzene rings is 1. The van der Waals surface area contributed by atoms with Crippen LogP contribution in [-0.4, -0.2) is 64.4 Å². The van der Waals surface area contributed by atoms with Crippen LogP contribution in [-0.2, 0) is 22.5 Å². The molecule has 0 aliphatic carbocycles. The van der Waals surface area contributed by atoms with Crippen LogP contribution in [0.5, 0.6) is 0 Å². The highest BCUT2D eigenvalue weighted by molar-refractivity contribution is 5.88. The molecule has 0 amide bonds. The highest BCUT2D eigenvalue weighted by Gasteiger charge is 2.36. The Labute approximate surface area is 280 Å². The number of aryl methyl sites for hydroxylation is 2. The Bertz CT molecular complexity index is 1610. The van der Waals surface area contributed by atoms with Crippen LogP contribution >= 0.6 is 0 Å². The number of pyridine rings is 1. The van der Waals surface area contributed by atoms with Crippen molar-refractivity contribution in [3.8, 4) is 11.1 Å². The Morgan fingerprint density at radius 1 is 0.872 bits per heavy atom. The third-order valence-electron chi connectivity index (χ3n) is 10.1. The van der Waals surface area contributed by atoms with E-state index in [2.05, 4.69) is 69.7 Å². The second kappa shape index (κ2) is 13.1. The summed E-state index contributed by atoms with van der Waals surface area (Å²) in [5.74, 6) is 1.02. The summed E-state index contributed by atoms with van der Waals surface area (Å²) in [6.45, 7) is 19.8. The Morgan fingerprint density at radius 2 is 1.55 bits per heavy atom. The first-order valence-electron chi connectivity index (χ1n) is 17.4. The third-order valence-corrected chi connectivity index (χ3v) is 10.1. The van der Waals surface area contributed by atoms with Crippen LogP contribution in [0.2, 0.25) is 0 Å². The lowest BCUT2D eigenvalue weighted by molar-refractivity contribution is -0.160. The summed E-state index contributed by atoms with van der Waals surface area (Å²) >= 11 is 0. The number of anilines is 3. The summed E-state index contributed by atoms with van der Waals surface area (Å²) in [4.78, 5) is 34.3. The quantitative estimate of drug-likeness (QED) is 0.286. The molecule has 2 aromatic heterocycles. The summed E-state index contributed by atoms with van der Waals surface area (Å²) in [5.41, 5.74) is 7.57. The lowest BCUT2D eigenvalue weighted by Gasteiger charge is -2.41. The molecule has 1 aromatic carbocycles. The molecule has 0 spiro atoms. The fourth-order valence-corrected chi connectivity index (χ4v) is 7.47. The Hall–Kier alpha value is -3.72. The van der Waals surface area contributed by atoms with Crippen molar-refractivity contribution in [2.24, 2.45) is 5.41 Å². The normalized spacial score (nSPS) is 19.0. The number of hydrogen-bond donors (Lipinski definition) is 1. The van der Waals surface area contributed by atoms with Gasteiger partial charge in [0.2, 0.25) is 0 Å². The number of carboxylic acid groups (broad SMARTS) is 1. The van der Waals surface area contributed by atoms with Gasteiger partial charge in [-0.25, -0.2) is 14.8 Å². The number of hydrogen-bond acceptors (Lipinski definition) is 8. The van der Waals surface area contributed by atoms with E-state index < -0.39 is 17.7 Å². The van der Waals surface area contributed by atoms with Crippen LogP contribution in [0.3, 0.4) is 0 Å². The van der Waals surface area contributed by atoms with Crippen molar-refractivity contribution >= 4 is 23.3 Å². The van der Waals surface area contributed by atoms with Gasteiger partial charge < -0.3 is 24.5 Å². The van der Waals surface area contributed by atoms with E-state index in [1.54, 1.807) is 6.33 Å². The number of carboxylic acids is 1. The molecular weight excluding hydrogens is 588 g/mol. The number of piperidine rings is 2. The van der Waals surface area contributed by atoms with Crippen LogP contribution in [0.1, 0.15) is 101 Å². The molecule has 1 N–H and O–H groups in total. The number of aromatic nitrogens is 3. The molecule has 0 saturated carbocycles. The minimum absolute atomic E-state index is 0.248. The largest absolute Gasteiger partial charge is 0.479 e. The lowest BCUT2D eigenvalue weighted by atomic mass is 9.81. The number of aliphatic carboxylic acids is 1. The summed E-state index contributed by atoms with van der Waals surface area (Å²) in [6, 6.07) is 8.90. The minimum Gasteiger partial charge on any atom is -0.479 e. The molecule has 3 aliphatic rings. The molecule has 0 unspecified atom stereocenters. The van der Waals surface area contributed by atoms with Crippen molar-refractivity contribution in [2.75, 3.05) is 47.4 Å². The topological polar surface area (TPSA) is 94.9 Å². The predicted octanol–water partition coefficient (Wildman–Crippen LogP) is 7.28. The molecule has 252 valence electrons. The van der Waals surface area contributed by atoms with Gasteiger partial charge in [0.05, 0.1) is 11.3 Å². The van der Waals surface area contributed by atoms with Crippen LogP contribution in [0.15, 0.2) is 30.6 Å². The summed E-state index contributed by atoms with van der Waals surface area (Å²) in [6.07, 6.45) is 7.28. The minimum atomic E-state index is -1.12. The molecule has 9 nitrogen and oxygen atoms in total. The lowest BCUT2D eigenvalue weighted by Crippen LogP contribution is -2.39. The molecule has 5 heterocycles. The van der Waals surface area contributed by atoms with Gasteiger partial charge in [0.25, 0.3) is 0 Å². The van der Waals surface area contributed by atoms with Crippen molar-refractivity contribution in [3.63, 3.8) is 0 Å². The number of carbonyl (C=O) groups is 1. The van der Waals surface area contributed by atoms with Crippen LogP contribution < -0.4 is 14.7 Å². The summed E-state index contributed by atoms with van der Waals surface area (Å²) in [7, 11) is 0. The van der Waals surface area contributed by atoms with Crippen molar-refractivity contribution in [2.45, 2.75) is 105 Å². The Morgan fingerprint density at radius 3 is 2.21 bits per heavy atom. The number of ether oxygens (including phenoxy) is 1. The maximum atomic E-state index is 12.9. The SMILES string of the molecule is Cc1nc(C)c([C@H](OC(C)(C)C)C(=O)O)c(N2CCC(C)(C)CC2)c1-c1ccc2c(c1)CCN(c1cc(N3CCCCC3)ncn1)C2. The van der Waals surface area contributed by atoms with E-state index >= 15 is 0 Å². The maximum Gasteiger partial charge on any atom is 0.337 e. The molecule has 1 atom stereocenters. The second-order valence-electron chi connectivity index (χ2n) is 15.5. The molecule has 3 aliphatic heterocycles. The molecule has 0 radical (unpaired) electrons. The first-order chi connectivity index (χ1) is 22.3. The van der Waals surface area contributed by atoms with Crippen molar-refractivity contribution in [1.82, 2.24) is 15.0 Å². The van der Waals surface area contributed by atoms with Gasteiger partial charge in [-0.2, -0.15) is 0 Å². The van der Waals surface area contributed by atoms with E-state index in [1.807, 2.05) is 27.7 Å². The van der Waals surface area contributed by atoms with E-state index in [0.29, 0.717) is 11.3 Å². The Kier molecular flexibility index (Phi) is 9.22. The van der Waals surface area contributed by atoms with Gasteiger partial charge >= 0.3 is 5.97 Å². The third kappa shape index (κ3) is 7.25. The molecule has 3 aromatic rings. The van der Waals surface area contributed by atoms with Crippen molar-refractivity contribution in [1.29, 1.82) is 0 Å². The zero-order chi connectivity index (χ0) is 33.5. The molecule has 47 heavy (non-hydrogen) atoms. The van der Waals surface area contributed by atoms with Crippen LogP contribution in [0, 0.1) is 19.3 Å².